The van der Waals surface area contributed by atoms with E-state index in [9.17, 15) is 14.0 Å². The highest BCUT2D eigenvalue weighted by Crippen LogP contribution is 2.34. The summed E-state index contributed by atoms with van der Waals surface area (Å²) < 4.78 is 19.0. The van der Waals surface area contributed by atoms with E-state index in [0.29, 0.717) is 11.1 Å². The average molecular weight is 389 g/mol. The fraction of sp³-hybridized carbons (Fsp3) is 0.250. The molecule has 0 heterocycles. The van der Waals surface area contributed by atoms with Gasteiger partial charge in [-0.05, 0) is 65.8 Å². The fourth-order valence-corrected chi connectivity index (χ4v) is 4.01. The number of aryl methyl sites for hydroxylation is 2. The molecule has 0 aliphatic heterocycles. The van der Waals surface area contributed by atoms with Crippen LogP contribution in [0.4, 0.5) is 4.39 Å². The minimum atomic E-state index is -1.12. The maximum atomic E-state index is 13.3. The molecular formula is C24H20FNO3. The third-order valence-corrected chi connectivity index (χ3v) is 5.66. The molecule has 1 fully saturated rings. The molecule has 29 heavy (non-hydrogen) atoms. The largest absolute Gasteiger partial charge is 0.444 e. The zero-order valence-electron chi connectivity index (χ0n) is 15.8. The van der Waals surface area contributed by atoms with E-state index in [4.69, 9.17) is 4.74 Å². The minimum Gasteiger partial charge on any atom is -0.444 e. The molecule has 146 valence electrons. The molecule has 0 radical (unpaired) electrons. The molecule has 1 N–H and O–H groups in total. The van der Waals surface area contributed by atoms with E-state index < -0.39 is 17.9 Å². The SMILES string of the molecule is O=C(O[C@H](C(=O)NC1CC1)c1ccc(F)cc1)c1ccc2c3c(cccc13)CC2. The molecule has 5 rings (SSSR count). The van der Waals surface area contributed by atoms with Crippen molar-refractivity contribution in [3.05, 3.63) is 82.7 Å². The second kappa shape index (κ2) is 6.99. The minimum absolute atomic E-state index is 0.126. The van der Waals surface area contributed by atoms with Crippen LogP contribution in [0.1, 0.15) is 46.0 Å². The standard InChI is InChI=1S/C24H20FNO3/c25-17-9-6-16(7-10-17)22(23(27)26-18-11-12-18)29-24(28)20-13-8-15-5-4-14-2-1-3-19(20)21(14)15/h1-3,6-10,13,18,22H,4-5,11-12H2,(H,26,27)/t22-/m0/s1. The van der Waals surface area contributed by atoms with Crippen LogP contribution < -0.4 is 5.32 Å². The number of ether oxygens (including phenoxy) is 1. The molecule has 3 aromatic rings. The van der Waals surface area contributed by atoms with Gasteiger partial charge in [-0.3, -0.25) is 4.79 Å². The summed E-state index contributed by atoms with van der Waals surface area (Å²) in [6.07, 6.45) is 2.65. The zero-order chi connectivity index (χ0) is 20.0. The van der Waals surface area contributed by atoms with Gasteiger partial charge in [0.1, 0.15) is 5.82 Å². The van der Waals surface area contributed by atoms with Crippen molar-refractivity contribution in [3.63, 3.8) is 0 Å². The normalized spacial score (nSPS) is 15.9. The van der Waals surface area contributed by atoms with E-state index >= 15 is 0 Å². The molecule has 0 unspecified atom stereocenters. The molecule has 3 aromatic carbocycles. The lowest BCUT2D eigenvalue weighted by molar-refractivity contribution is -0.130. The van der Waals surface area contributed by atoms with Crippen LogP contribution in [-0.4, -0.2) is 17.9 Å². The van der Waals surface area contributed by atoms with Crippen molar-refractivity contribution in [1.29, 1.82) is 0 Å². The van der Waals surface area contributed by atoms with Gasteiger partial charge in [-0.15, -0.1) is 0 Å². The number of nitrogens with one attached hydrogen (secondary N) is 1. The van der Waals surface area contributed by atoms with Crippen molar-refractivity contribution in [3.8, 4) is 0 Å². The van der Waals surface area contributed by atoms with Crippen molar-refractivity contribution in [2.75, 3.05) is 0 Å². The monoisotopic (exact) mass is 389 g/mol. The van der Waals surface area contributed by atoms with Gasteiger partial charge in [0, 0.05) is 11.6 Å². The van der Waals surface area contributed by atoms with Crippen LogP contribution >= 0.6 is 0 Å². The van der Waals surface area contributed by atoms with Crippen molar-refractivity contribution in [2.45, 2.75) is 37.8 Å². The van der Waals surface area contributed by atoms with Crippen LogP contribution in [-0.2, 0) is 22.4 Å². The predicted octanol–water partition coefficient (Wildman–Crippen LogP) is 4.25. The maximum Gasteiger partial charge on any atom is 0.339 e. The van der Waals surface area contributed by atoms with Gasteiger partial charge < -0.3 is 10.1 Å². The van der Waals surface area contributed by atoms with Crippen molar-refractivity contribution < 1.29 is 18.7 Å². The maximum absolute atomic E-state index is 13.3. The van der Waals surface area contributed by atoms with Crippen LogP contribution in [0.5, 0.6) is 0 Å². The van der Waals surface area contributed by atoms with Crippen LogP contribution in [0.2, 0.25) is 0 Å². The van der Waals surface area contributed by atoms with E-state index in [1.807, 2.05) is 18.2 Å². The summed E-state index contributed by atoms with van der Waals surface area (Å²) in [5.74, 6) is -1.34. The lowest BCUT2D eigenvalue weighted by Gasteiger charge is -2.19. The highest BCUT2D eigenvalue weighted by Gasteiger charge is 2.31. The lowest BCUT2D eigenvalue weighted by Crippen LogP contribution is -2.33. The first-order chi connectivity index (χ1) is 14.1. The second-order valence-electron chi connectivity index (χ2n) is 7.73. The van der Waals surface area contributed by atoms with E-state index in [1.165, 1.54) is 35.4 Å². The van der Waals surface area contributed by atoms with Crippen molar-refractivity contribution >= 4 is 22.6 Å². The van der Waals surface area contributed by atoms with Crippen LogP contribution in [0.25, 0.3) is 10.8 Å². The Balaban J connectivity index is 1.49. The lowest BCUT2D eigenvalue weighted by atomic mass is 10.00. The van der Waals surface area contributed by atoms with Crippen molar-refractivity contribution in [2.24, 2.45) is 0 Å². The summed E-state index contributed by atoms with van der Waals surface area (Å²) >= 11 is 0. The number of rotatable bonds is 5. The number of carbonyl (C=O) groups is 2. The third-order valence-electron chi connectivity index (χ3n) is 5.66. The first kappa shape index (κ1) is 17.9. The van der Waals surface area contributed by atoms with E-state index in [0.717, 1.165) is 36.5 Å². The molecule has 4 nitrogen and oxygen atoms in total. The van der Waals surface area contributed by atoms with E-state index in [2.05, 4.69) is 11.4 Å². The summed E-state index contributed by atoms with van der Waals surface area (Å²) in [7, 11) is 0. The average Bonchev–Trinajstić information content (AvgIpc) is 3.45. The molecule has 1 amide bonds. The number of benzene rings is 3. The molecule has 1 saturated carbocycles. The topological polar surface area (TPSA) is 55.4 Å². The fourth-order valence-electron chi connectivity index (χ4n) is 4.01. The predicted molar refractivity (Wildman–Crippen MR) is 107 cm³/mol. The van der Waals surface area contributed by atoms with Gasteiger partial charge in [0.05, 0.1) is 5.56 Å². The third kappa shape index (κ3) is 3.37. The first-order valence-corrected chi connectivity index (χ1v) is 9.90. The smallest absolute Gasteiger partial charge is 0.339 e. The van der Waals surface area contributed by atoms with Crippen LogP contribution in [0.15, 0.2) is 54.6 Å². The molecule has 0 aromatic heterocycles. The highest BCUT2D eigenvalue weighted by atomic mass is 19.1. The highest BCUT2D eigenvalue weighted by molar-refractivity contribution is 6.07. The number of halogens is 1. The summed E-state index contributed by atoms with van der Waals surface area (Å²) in [6, 6.07) is 15.3. The zero-order valence-corrected chi connectivity index (χ0v) is 15.8. The Kier molecular flexibility index (Phi) is 4.31. The Morgan fingerprint density at radius 3 is 2.41 bits per heavy atom. The van der Waals surface area contributed by atoms with Gasteiger partial charge in [0.25, 0.3) is 5.91 Å². The Bertz CT molecular complexity index is 1110. The Hall–Kier alpha value is -3.21. The summed E-state index contributed by atoms with van der Waals surface area (Å²) in [6.45, 7) is 0. The number of esters is 1. The van der Waals surface area contributed by atoms with Crippen LogP contribution in [0, 0.1) is 5.82 Å². The summed E-state index contributed by atoms with van der Waals surface area (Å²) in [4.78, 5) is 25.8. The van der Waals surface area contributed by atoms with Gasteiger partial charge in [0.15, 0.2) is 0 Å². The van der Waals surface area contributed by atoms with E-state index in [1.54, 1.807) is 6.07 Å². The molecule has 0 spiro atoms. The van der Waals surface area contributed by atoms with Crippen molar-refractivity contribution in [1.82, 2.24) is 5.32 Å². The van der Waals surface area contributed by atoms with Gasteiger partial charge in [-0.2, -0.15) is 0 Å². The Morgan fingerprint density at radius 2 is 1.69 bits per heavy atom. The molecule has 2 aliphatic rings. The van der Waals surface area contributed by atoms with Gasteiger partial charge in [-0.1, -0.05) is 36.4 Å². The second-order valence-corrected chi connectivity index (χ2v) is 7.73. The summed E-state index contributed by atoms with van der Waals surface area (Å²) in [5.41, 5.74) is 3.35. The molecular weight excluding hydrogens is 369 g/mol. The number of amides is 1. The molecule has 0 saturated heterocycles. The number of carbonyl (C=O) groups excluding carboxylic acids is 2. The van der Waals surface area contributed by atoms with E-state index in [-0.39, 0.29) is 11.9 Å². The Labute approximate surface area is 167 Å². The number of hydrogen-bond acceptors (Lipinski definition) is 3. The molecule has 2 aliphatic carbocycles. The van der Waals surface area contributed by atoms with Gasteiger partial charge >= 0.3 is 5.97 Å². The summed E-state index contributed by atoms with van der Waals surface area (Å²) in [5, 5.41) is 4.84. The number of hydrogen-bond donors (Lipinski definition) is 1. The quantitative estimate of drug-likeness (QED) is 0.664. The first-order valence-electron chi connectivity index (χ1n) is 9.90. The van der Waals surface area contributed by atoms with Gasteiger partial charge in [0.2, 0.25) is 6.10 Å². The molecule has 5 heteroatoms. The molecule has 1 atom stereocenters. The van der Waals surface area contributed by atoms with Crippen LogP contribution in [0.3, 0.4) is 0 Å². The molecule has 0 bridgehead atoms. The Morgan fingerprint density at radius 1 is 0.966 bits per heavy atom. The van der Waals surface area contributed by atoms with Gasteiger partial charge in [-0.25, -0.2) is 9.18 Å².